The molecule has 0 spiro atoms. The van der Waals surface area contributed by atoms with Crippen LogP contribution in [-0.2, 0) is 21.1 Å². The van der Waals surface area contributed by atoms with Gasteiger partial charge in [0.25, 0.3) is 0 Å². The molecule has 22 heavy (non-hydrogen) atoms. The number of hydrogen-bond acceptors (Lipinski definition) is 6. The van der Waals surface area contributed by atoms with E-state index in [1.165, 1.54) is 25.5 Å². The number of likely N-dealkylation sites (tertiary alicyclic amines) is 1. The molecule has 0 aliphatic carbocycles. The predicted octanol–water partition coefficient (Wildman–Crippen LogP) is 1.45. The number of phenols is 1. The molecule has 1 aliphatic heterocycles. The highest BCUT2D eigenvalue weighted by Gasteiger charge is 2.30. The average Bonchev–Trinajstić information content (AvgIpc) is 2.89. The Kier molecular flexibility index (Phi) is 4.99. The number of methoxy groups -OCH3 is 1. The fraction of sp³-hybridized carbons (Fsp3) is 0.500. The van der Waals surface area contributed by atoms with Crippen molar-refractivity contribution >= 4 is 27.4 Å². The molecule has 6 nitrogen and oxygen atoms in total. The monoisotopic (exact) mass is 347 g/mol. The van der Waals surface area contributed by atoms with Crippen molar-refractivity contribution in [2.24, 2.45) is 0 Å². The summed E-state index contributed by atoms with van der Waals surface area (Å²) in [7, 11) is -1.83. The standard InChI is InChI=1S/C14H18ClNO5S/c1-21-14(18)11-5-9(12(15)6-13(11)17)7-16-4-3-10(8-16)22(2,19)20/h5-6,10,17H,3-4,7-8H2,1-2H3/t10-/m0/s1. The number of sulfone groups is 1. The summed E-state index contributed by atoms with van der Waals surface area (Å²) < 4.78 is 27.8. The van der Waals surface area contributed by atoms with E-state index in [2.05, 4.69) is 4.74 Å². The van der Waals surface area contributed by atoms with E-state index in [1.54, 1.807) is 0 Å². The van der Waals surface area contributed by atoms with Crippen LogP contribution in [0.5, 0.6) is 5.75 Å². The van der Waals surface area contributed by atoms with Gasteiger partial charge >= 0.3 is 5.97 Å². The molecule has 1 aromatic rings. The third-order valence-corrected chi connectivity index (χ3v) is 5.75. The van der Waals surface area contributed by atoms with Crippen LogP contribution in [-0.4, -0.2) is 56.1 Å². The molecule has 1 fully saturated rings. The fourth-order valence-corrected chi connectivity index (χ4v) is 3.77. The van der Waals surface area contributed by atoms with E-state index in [0.717, 1.165) is 0 Å². The van der Waals surface area contributed by atoms with E-state index in [0.29, 0.717) is 36.6 Å². The SMILES string of the molecule is COC(=O)c1cc(CN2CC[C@H](S(C)(=O)=O)C2)c(Cl)cc1O. The van der Waals surface area contributed by atoms with Crippen molar-refractivity contribution in [3.8, 4) is 5.75 Å². The second kappa shape index (κ2) is 6.44. The fourth-order valence-electron chi connectivity index (χ4n) is 2.53. The van der Waals surface area contributed by atoms with Gasteiger partial charge in [0.05, 0.1) is 12.4 Å². The third-order valence-electron chi connectivity index (χ3n) is 3.80. The molecule has 0 radical (unpaired) electrons. The van der Waals surface area contributed by atoms with Crippen LogP contribution in [0.25, 0.3) is 0 Å². The van der Waals surface area contributed by atoms with Crippen LogP contribution in [0, 0.1) is 0 Å². The van der Waals surface area contributed by atoms with E-state index in [1.807, 2.05) is 4.90 Å². The van der Waals surface area contributed by atoms with E-state index in [-0.39, 0.29) is 16.6 Å². The van der Waals surface area contributed by atoms with Crippen molar-refractivity contribution < 1.29 is 23.1 Å². The predicted molar refractivity (Wildman–Crippen MR) is 83.0 cm³/mol. The molecule has 1 atom stereocenters. The number of aromatic hydroxyl groups is 1. The van der Waals surface area contributed by atoms with E-state index in [9.17, 15) is 18.3 Å². The van der Waals surface area contributed by atoms with Crippen LogP contribution in [0.15, 0.2) is 12.1 Å². The second-order valence-electron chi connectivity index (χ2n) is 5.43. The summed E-state index contributed by atoms with van der Waals surface area (Å²) in [5.41, 5.74) is 0.690. The first-order chi connectivity index (χ1) is 10.2. The molecule has 0 amide bonds. The van der Waals surface area contributed by atoms with Gasteiger partial charge in [0, 0.05) is 24.4 Å². The van der Waals surface area contributed by atoms with Gasteiger partial charge in [0.1, 0.15) is 11.3 Å². The number of nitrogens with zero attached hydrogens (tertiary/aromatic N) is 1. The summed E-state index contributed by atoms with van der Waals surface area (Å²) in [5, 5.41) is 9.70. The van der Waals surface area contributed by atoms with Crippen molar-refractivity contribution in [1.82, 2.24) is 4.90 Å². The highest BCUT2D eigenvalue weighted by molar-refractivity contribution is 7.91. The van der Waals surface area contributed by atoms with Crippen LogP contribution < -0.4 is 0 Å². The highest BCUT2D eigenvalue weighted by Crippen LogP contribution is 2.29. The van der Waals surface area contributed by atoms with Crippen LogP contribution in [0.4, 0.5) is 0 Å². The first-order valence-corrected chi connectivity index (χ1v) is 9.06. The highest BCUT2D eigenvalue weighted by atomic mass is 35.5. The molecule has 1 N–H and O–H groups in total. The number of carbonyl (C=O) groups is 1. The largest absolute Gasteiger partial charge is 0.507 e. The lowest BCUT2D eigenvalue weighted by Crippen LogP contribution is -2.26. The van der Waals surface area contributed by atoms with Gasteiger partial charge in [0.15, 0.2) is 9.84 Å². The molecule has 122 valence electrons. The zero-order chi connectivity index (χ0) is 16.5. The minimum Gasteiger partial charge on any atom is -0.507 e. The summed E-state index contributed by atoms with van der Waals surface area (Å²) in [4.78, 5) is 13.6. The van der Waals surface area contributed by atoms with Crippen LogP contribution in [0.2, 0.25) is 5.02 Å². The average molecular weight is 348 g/mol. The summed E-state index contributed by atoms with van der Waals surface area (Å²) in [6.45, 7) is 1.49. The minimum absolute atomic E-state index is 0.0424. The van der Waals surface area contributed by atoms with Crippen molar-refractivity contribution in [2.75, 3.05) is 26.5 Å². The maximum atomic E-state index is 11.6. The van der Waals surface area contributed by atoms with Gasteiger partial charge in [-0.2, -0.15) is 0 Å². The van der Waals surface area contributed by atoms with Gasteiger partial charge in [-0.3, -0.25) is 4.90 Å². The zero-order valence-electron chi connectivity index (χ0n) is 12.4. The van der Waals surface area contributed by atoms with Crippen molar-refractivity contribution in [3.05, 3.63) is 28.3 Å². The lowest BCUT2D eigenvalue weighted by molar-refractivity contribution is 0.0597. The van der Waals surface area contributed by atoms with Gasteiger partial charge in [-0.15, -0.1) is 0 Å². The quantitative estimate of drug-likeness (QED) is 0.830. The number of benzene rings is 1. The Balaban J connectivity index is 2.19. The first kappa shape index (κ1) is 17.1. The maximum absolute atomic E-state index is 11.6. The molecular weight excluding hydrogens is 330 g/mol. The van der Waals surface area contributed by atoms with Gasteiger partial charge in [-0.1, -0.05) is 11.6 Å². The number of halogens is 1. The van der Waals surface area contributed by atoms with E-state index >= 15 is 0 Å². The molecule has 0 bridgehead atoms. The van der Waals surface area contributed by atoms with Crippen molar-refractivity contribution in [1.29, 1.82) is 0 Å². The van der Waals surface area contributed by atoms with Gasteiger partial charge in [-0.25, -0.2) is 13.2 Å². The van der Waals surface area contributed by atoms with Gasteiger partial charge < -0.3 is 9.84 Å². The Hall–Kier alpha value is -1.31. The Labute approximate surface area is 134 Å². The van der Waals surface area contributed by atoms with Gasteiger partial charge in [-0.05, 0) is 30.7 Å². The summed E-state index contributed by atoms with van der Waals surface area (Å²) in [6, 6.07) is 2.78. The minimum atomic E-state index is -3.06. The normalized spacial score (nSPS) is 19.3. The number of hydrogen-bond donors (Lipinski definition) is 1. The summed E-state index contributed by atoms with van der Waals surface area (Å²) in [6.07, 6.45) is 1.82. The molecule has 1 heterocycles. The van der Waals surface area contributed by atoms with Crippen molar-refractivity contribution in [3.63, 3.8) is 0 Å². The topological polar surface area (TPSA) is 83.9 Å². The van der Waals surface area contributed by atoms with Gasteiger partial charge in [0.2, 0.25) is 0 Å². The van der Waals surface area contributed by atoms with Crippen LogP contribution >= 0.6 is 11.6 Å². The molecule has 1 aromatic carbocycles. The van der Waals surface area contributed by atoms with Crippen molar-refractivity contribution in [2.45, 2.75) is 18.2 Å². The maximum Gasteiger partial charge on any atom is 0.341 e. The van der Waals surface area contributed by atoms with Crippen LogP contribution in [0.1, 0.15) is 22.3 Å². The molecule has 1 saturated heterocycles. The molecular formula is C14H18ClNO5S. The third kappa shape index (κ3) is 3.71. The number of ether oxygens (including phenoxy) is 1. The molecule has 2 rings (SSSR count). The van der Waals surface area contributed by atoms with E-state index < -0.39 is 15.8 Å². The Bertz CT molecular complexity index is 689. The number of phenolic OH excluding ortho intramolecular Hbond substituents is 1. The molecule has 8 heteroatoms. The number of rotatable bonds is 4. The summed E-state index contributed by atoms with van der Waals surface area (Å²) in [5.74, 6) is -0.887. The molecule has 0 aromatic heterocycles. The second-order valence-corrected chi connectivity index (χ2v) is 8.16. The first-order valence-electron chi connectivity index (χ1n) is 6.73. The van der Waals surface area contributed by atoms with E-state index in [4.69, 9.17) is 11.6 Å². The smallest absolute Gasteiger partial charge is 0.341 e. The Morgan fingerprint density at radius 2 is 2.18 bits per heavy atom. The Morgan fingerprint density at radius 1 is 1.50 bits per heavy atom. The Morgan fingerprint density at radius 3 is 2.73 bits per heavy atom. The molecule has 0 unspecified atom stereocenters. The summed E-state index contributed by atoms with van der Waals surface area (Å²) >= 11 is 6.10. The molecule has 0 saturated carbocycles. The molecule has 1 aliphatic rings. The zero-order valence-corrected chi connectivity index (χ0v) is 13.9. The number of carbonyl (C=O) groups excluding carboxylic acids is 1. The lowest BCUT2D eigenvalue weighted by Gasteiger charge is -2.17. The van der Waals surface area contributed by atoms with Crippen LogP contribution in [0.3, 0.4) is 0 Å². The number of esters is 1. The lowest BCUT2D eigenvalue weighted by atomic mass is 10.1.